The zero-order chi connectivity index (χ0) is 41.2. The Kier molecular flexibility index (Phi) is 11.0. The molecule has 5 aromatic carbocycles. The van der Waals surface area contributed by atoms with Gasteiger partial charge in [-0.25, -0.2) is 4.98 Å². The number of fused-ring (bicyclic) bond motifs is 3. The smallest absolute Gasteiger partial charge is 0.135 e. The van der Waals surface area contributed by atoms with Crippen LogP contribution in [0.15, 0.2) is 133 Å². The molecule has 0 aliphatic carbocycles. The van der Waals surface area contributed by atoms with Crippen LogP contribution in [0.2, 0.25) is 0 Å². The maximum Gasteiger partial charge on any atom is 0.135 e. The summed E-state index contributed by atoms with van der Waals surface area (Å²) in [6.45, 7) is 27.2. The van der Waals surface area contributed by atoms with Crippen molar-refractivity contribution in [3.05, 3.63) is 174 Å². The van der Waals surface area contributed by atoms with Gasteiger partial charge in [0.25, 0.3) is 0 Å². The Bertz CT molecular complexity index is 2640. The van der Waals surface area contributed by atoms with Crippen LogP contribution in [0.4, 0.5) is 11.4 Å². The summed E-state index contributed by atoms with van der Waals surface area (Å²) in [5.41, 5.74) is 9.95. The van der Waals surface area contributed by atoms with Crippen LogP contribution in [0.25, 0.3) is 27.6 Å². The minimum absolute atomic E-state index is 0. The molecule has 0 bridgehead atoms. The van der Waals surface area contributed by atoms with E-state index in [4.69, 9.17) is 9.72 Å². The van der Waals surface area contributed by atoms with Gasteiger partial charge in [0, 0.05) is 66.5 Å². The zero-order valence-electron chi connectivity index (χ0n) is 36.2. The van der Waals surface area contributed by atoms with E-state index in [1.54, 1.807) is 0 Å². The maximum absolute atomic E-state index is 6.63. The summed E-state index contributed by atoms with van der Waals surface area (Å²) in [6, 6.07) is 48.0. The van der Waals surface area contributed by atoms with Gasteiger partial charge in [0.1, 0.15) is 5.82 Å². The van der Waals surface area contributed by atoms with E-state index >= 15 is 0 Å². The van der Waals surface area contributed by atoms with E-state index in [1.807, 2.05) is 24.4 Å². The quantitative estimate of drug-likeness (QED) is 0.149. The van der Waals surface area contributed by atoms with E-state index in [1.165, 1.54) is 28.0 Å². The van der Waals surface area contributed by atoms with Crippen molar-refractivity contribution in [3.8, 4) is 17.3 Å². The Balaban J connectivity index is 0.00000528. The molecular formula is C53H55N4OPt-3. The third-order valence-corrected chi connectivity index (χ3v) is 11.5. The van der Waals surface area contributed by atoms with Crippen molar-refractivity contribution < 1.29 is 25.8 Å². The van der Waals surface area contributed by atoms with Crippen molar-refractivity contribution in [1.29, 1.82) is 0 Å². The molecule has 1 aliphatic rings. The van der Waals surface area contributed by atoms with Crippen LogP contribution in [0, 0.1) is 24.2 Å². The van der Waals surface area contributed by atoms with Crippen molar-refractivity contribution in [2.45, 2.75) is 92.4 Å². The second kappa shape index (κ2) is 15.5. The molecule has 0 atom stereocenters. The molecule has 0 unspecified atom stereocenters. The zero-order valence-corrected chi connectivity index (χ0v) is 38.5. The van der Waals surface area contributed by atoms with Crippen LogP contribution in [-0.4, -0.2) is 9.55 Å². The van der Waals surface area contributed by atoms with Crippen molar-refractivity contribution in [3.63, 3.8) is 0 Å². The number of allylic oxidation sites excluding steroid dienone is 1. The largest absolute Gasteiger partial charge is 0.509 e. The Labute approximate surface area is 366 Å². The molecule has 8 rings (SSSR count). The number of rotatable bonds is 7. The number of aromatic nitrogens is 2. The van der Waals surface area contributed by atoms with Crippen molar-refractivity contribution >= 4 is 33.2 Å². The normalized spacial score (nSPS) is 13.8. The predicted molar refractivity (Wildman–Crippen MR) is 242 cm³/mol. The summed E-state index contributed by atoms with van der Waals surface area (Å²) < 4.78 is 8.83. The van der Waals surface area contributed by atoms with Gasteiger partial charge < -0.3 is 19.1 Å². The molecule has 0 saturated heterocycles. The van der Waals surface area contributed by atoms with Gasteiger partial charge in [-0.2, -0.15) is 12.1 Å². The van der Waals surface area contributed by atoms with Gasteiger partial charge in [0.05, 0.1) is 0 Å². The van der Waals surface area contributed by atoms with Crippen LogP contribution in [0.5, 0.6) is 11.5 Å². The second-order valence-electron chi connectivity index (χ2n) is 19.3. The van der Waals surface area contributed by atoms with Gasteiger partial charge in [-0.05, 0) is 75.0 Å². The van der Waals surface area contributed by atoms with E-state index in [0.29, 0.717) is 11.5 Å². The van der Waals surface area contributed by atoms with E-state index in [2.05, 4.69) is 213 Å². The number of hydrogen-bond acceptors (Lipinski definition) is 4. The summed E-state index contributed by atoms with van der Waals surface area (Å²) in [5, 5.41) is 2.23. The first kappa shape index (κ1) is 42.0. The molecule has 0 saturated carbocycles. The van der Waals surface area contributed by atoms with Gasteiger partial charge in [0.2, 0.25) is 0 Å². The Morgan fingerprint density at radius 3 is 1.92 bits per heavy atom. The first-order valence-electron chi connectivity index (χ1n) is 20.4. The molecular weight excluding hydrogens is 904 g/mol. The first-order chi connectivity index (χ1) is 27.4. The summed E-state index contributed by atoms with van der Waals surface area (Å²) in [6.07, 6.45) is 4.18. The third-order valence-electron chi connectivity index (χ3n) is 11.5. The van der Waals surface area contributed by atoms with Crippen LogP contribution in [0.1, 0.15) is 98.4 Å². The molecule has 2 aromatic heterocycles. The molecule has 7 aromatic rings. The van der Waals surface area contributed by atoms with Crippen LogP contribution < -0.4 is 14.5 Å². The molecule has 0 amide bonds. The van der Waals surface area contributed by atoms with Crippen LogP contribution in [-0.2, 0) is 37.3 Å². The van der Waals surface area contributed by atoms with Crippen LogP contribution >= 0.6 is 0 Å². The van der Waals surface area contributed by atoms with Gasteiger partial charge in [0.15, 0.2) is 0 Å². The average molecular weight is 959 g/mol. The van der Waals surface area contributed by atoms with E-state index in [-0.39, 0.29) is 42.7 Å². The fourth-order valence-electron chi connectivity index (χ4n) is 7.81. The van der Waals surface area contributed by atoms with E-state index in [0.717, 1.165) is 39.0 Å². The molecule has 5 nitrogen and oxygen atoms in total. The molecule has 6 heteroatoms. The van der Waals surface area contributed by atoms with E-state index in [9.17, 15) is 0 Å². The summed E-state index contributed by atoms with van der Waals surface area (Å²) in [5.74, 6) is 2.07. The van der Waals surface area contributed by atoms with E-state index < -0.39 is 0 Å². The summed E-state index contributed by atoms with van der Waals surface area (Å²) in [7, 11) is 0. The summed E-state index contributed by atoms with van der Waals surface area (Å²) in [4.78, 5) is 9.43. The van der Waals surface area contributed by atoms with Crippen molar-refractivity contribution in [2.75, 3.05) is 9.80 Å². The Morgan fingerprint density at radius 1 is 0.576 bits per heavy atom. The topological polar surface area (TPSA) is 33.5 Å². The molecule has 306 valence electrons. The fraction of sp³-hybridized carbons (Fsp3) is 0.283. The monoisotopic (exact) mass is 958 g/mol. The predicted octanol–water partition coefficient (Wildman–Crippen LogP) is 13.8. The third kappa shape index (κ3) is 8.24. The number of ether oxygens (including phenoxy) is 1. The fourth-order valence-corrected chi connectivity index (χ4v) is 7.81. The Hall–Kier alpha value is -5.12. The van der Waals surface area contributed by atoms with Crippen molar-refractivity contribution in [2.24, 2.45) is 5.41 Å². The molecule has 59 heavy (non-hydrogen) atoms. The number of nitrogens with zero attached hydrogens (tertiary/aromatic N) is 4. The number of pyridine rings is 1. The summed E-state index contributed by atoms with van der Waals surface area (Å²) >= 11 is 0. The second-order valence-corrected chi connectivity index (χ2v) is 19.3. The van der Waals surface area contributed by atoms with Crippen molar-refractivity contribution in [1.82, 2.24) is 9.55 Å². The van der Waals surface area contributed by atoms with Gasteiger partial charge in [-0.15, -0.1) is 48.1 Å². The molecule has 0 spiro atoms. The number of benzene rings is 5. The average Bonchev–Trinajstić information content (AvgIpc) is 3.79. The minimum atomic E-state index is -0.214. The minimum Gasteiger partial charge on any atom is -0.509 e. The SMILES string of the molecule is CC(C)(C)C1=CN(c2cc(C(C)(C)C)cc(C(C)(C)C)c2)[CH-]N1c1[c-]c(Oc2[c-]c3c(cc2)c2ccccc2n3-c2cc(C(C)(C)c3ccccc3)ccn2)ccc1.[Pt]. The molecule has 0 N–H and O–H groups in total. The number of hydrogen-bond donors (Lipinski definition) is 0. The molecule has 1 aliphatic heterocycles. The molecule has 3 heterocycles. The van der Waals surface area contributed by atoms with Gasteiger partial charge in [-0.3, -0.25) is 0 Å². The first-order valence-corrected chi connectivity index (χ1v) is 20.4. The molecule has 0 radical (unpaired) electrons. The standard InChI is InChI=1S/C53H55N4O.Pt/c1-50(2,3)38-28-39(51(4,5)6)30-41(29-38)55-34-48(52(7,8)9)56(35-55)40-20-17-21-42(32-40)58-43-24-25-45-44-22-15-16-23-46(44)57(47(45)33-43)49-31-37(26-27-54-49)53(10,11)36-18-13-12-14-19-36;/h12-31,34-35H,1-11H3;/q-3;. The Morgan fingerprint density at radius 2 is 1.24 bits per heavy atom. The van der Waals surface area contributed by atoms with Crippen LogP contribution in [0.3, 0.4) is 0 Å². The maximum atomic E-state index is 6.63. The number of anilines is 2. The van der Waals surface area contributed by atoms with Gasteiger partial charge >= 0.3 is 0 Å². The number of para-hydroxylation sites is 1. The molecule has 0 fully saturated rings. The van der Waals surface area contributed by atoms with Gasteiger partial charge in [-0.1, -0.05) is 136 Å².